The lowest BCUT2D eigenvalue weighted by molar-refractivity contribution is 0.340. The highest BCUT2D eigenvalue weighted by Crippen LogP contribution is 2.51. The standard InChI is InChI=1S/C55H52N2/c1-4-16-37(17-5-1)40-23-14-24-41(32-40)50-33-42-22-10-11-25-45(42)49-28-15-27-46(55(49)50)43-30-31-48-47-26-12-13-29-52(47)57(53(48)35-43)54-36-44(38-18-6-2-7-19-38)34-51(56-54)39-20-8-3-9-21-39/h1-2,4-8,11,13,15-21,24-25,28-31,33-36,40,46,48,51,53,56H,3,9-10,12,14,22-23,26-27,32H2. The number of aryl methyl sites for hydroxylation is 1. The molecule has 2 heterocycles. The van der Waals surface area contributed by atoms with E-state index in [0.29, 0.717) is 17.8 Å². The topological polar surface area (TPSA) is 15.3 Å². The van der Waals surface area contributed by atoms with E-state index in [1.807, 2.05) is 0 Å². The number of hydrogen-bond acceptors (Lipinski definition) is 2. The largest absolute Gasteiger partial charge is 0.361 e. The molecule has 0 aromatic heterocycles. The molecule has 1 N–H and O–H groups in total. The number of hydrogen-bond donors (Lipinski definition) is 1. The van der Waals surface area contributed by atoms with E-state index in [2.05, 4.69) is 168 Å². The van der Waals surface area contributed by atoms with Crippen molar-refractivity contribution in [3.63, 3.8) is 0 Å². The predicted molar refractivity (Wildman–Crippen MR) is 239 cm³/mol. The molecule has 2 aliphatic heterocycles. The van der Waals surface area contributed by atoms with Gasteiger partial charge in [0, 0.05) is 17.5 Å². The number of dihydropyridines is 1. The minimum absolute atomic E-state index is 0.121. The molecule has 57 heavy (non-hydrogen) atoms. The molecule has 11 rings (SSSR count). The van der Waals surface area contributed by atoms with Gasteiger partial charge in [-0.2, -0.15) is 0 Å². The van der Waals surface area contributed by atoms with Gasteiger partial charge in [-0.3, -0.25) is 0 Å². The van der Waals surface area contributed by atoms with Crippen molar-refractivity contribution in [1.82, 2.24) is 10.2 Å². The summed E-state index contributed by atoms with van der Waals surface area (Å²) in [6.45, 7) is 0. The highest BCUT2D eigenvalue weighted by molar-refractivity contribution is 5.83. The van der Waals surface area contributed by atoms with Crippen LogP contribution >= 0.6 is 0 Å². The summed E-state index contributed by atoms with van der Waals surface area (Å²) in [5, 5.41) is 4.09. The van der Waals surface area contributed by atoms with E-state index in [1.54, 1.807) is 16.7 Å². The molecule has 5 unspecified atom stereocenters. The molecular weight excluding hydrogens is 689 g/mol. The van der Waals surface area contributed by atoms with Crippen LogP contribution in [0.15, 0.2) is 174 Å². The highest BCUT2D eigenvalue weighted by atomic mass is 15.3. The van der Waals surface area contributed by atoms with Gasteiger partial charge in [0.15, 0.2) is 0 Å². The van der Waals surface area contributed by atoms with Gasteiger partial charge in [0.2, 0.25) is 0 Å². The first-order chi connectivity index (χ1) is 28.3. The number of nitrogens with zero attached hydrogens (tertiary/aromatic N) is 1. The highest BCUT2D eigenvalue weighted by Gasteiger charge is 2.43. The molecule has 0 amide bonds. The number of nitrogens with one attached hydrogen (secondary N) is 1. The summed E-state index contributed by atoms with van der Waals surface area (Å²) < 4.78 is 0. The minimum Gasteiger partial charge on any atom is -0.361 e. The third-order valence-electron chi connectivity index (χ3n) is 13.9. The van der Waals surface area contributed by atoms with Crippen LogP contribution in [0.4, 0.5) is 0 Å². The summed E-state index contributed by atoms with van der Waals surface area (Å²) in [7, 11) is 0. The van der Waals surface area contributed by atoms with Crippen molar-refractivity contribution in [2.45, 2.75) is 88.1 Å². The lowest BCUT2D eigenvalue weighted by atomic mass is 9.70. The molecule has 2 heteroatoms. The Morgan fingerprint density at radius 3 is 2.39 bits per heavy atom. The number of allylic oxidation sites excluding steroid dienone is 12. The Balaban J connectivity index is 1.01. The Labute approximate surface area is 339 Å². The quantitative estimate of drug-likeness (QED) is 0.271. The fraction of sp³-hybridized carbons (Fsp3) is 0.273. The Bertz CT molecular complexity index is 2450. The maximum Gasteiger partial charge on any atom is 0.108 e. The number of rotatable bonds is 6. The van der Waals surface area contributed by atoms with E-state index < -0.39 is 0 Å². The first-order valence-corrected chi connectivity index (χ1v) is 21.7. The lowest BCUT2D eigenvalue weighted by Crippen LogP contribution is -2.43. The van der Waals surface area contributed by atoms with Crippen molar-refractivity contribution in [2.75, 3.05) is 0 Å². The van der Waals surface area contributed by atoms with Crippen molar-refractivity contribution in [2.24, 2.45) is 5.92 Å². The maximum atomic E-state index is 4.09. The van der Waals surface area contributed by atoms with Gasteiger partial charge in [0.25, 0.3) is 0 Å². The third-order valence-corrected chi connectivity index (χ3v) is 13.9. The molecule has 3 aromatic carbocycles. The van der Waals surface area contributed by atoms with Gasteiger partial charge in [-0.25, -0.2) is 0 Å². The molecule has 6 aliphatic carbocycles. The minimum atomic E-state index is 0.121. The zero-order chi connectivity index (χ0) is 37.7. The SMILES string of the molecule is C1=CC(C2C=C(c3ccccc3)C=C(N3C4=C(CCC=C4)C4C=CC(C5CC=Cc6c7c(cc(C8=CCCC(c9ccccc9)C8)c65)CCC=C7)=CC43)N2)=CCC1. The van der Waals surface area contributed by atoms with Crippen LogP contribution in [-0.2, 0) is 6.42 Å². The smallest absolute Gasteiger partial charge is 0.108 e. The van der Waals surface area contributed by atoms with Crippen LogP contribution in [0.2, 0.25) is 0 Å². The van der Waals surface area contributed by atoms with E-state index in [1.165, 1.54) is 68.0 Å². The van der Waals surface area contributed by atoms with Gasteiger partial charge >= 0.3 is 0 Å². The van der Waals surface area contributed by atoms with Crippen LogP contribution < -0.4 is 5.32 Å². The fourth-order valence-corrected chi connectivity index (χ4v) is 11.1. The molecule has 0 saturated heterocycles. The van der Waals surface area contributed by atoms with Crippen LogP contribution in [0.1, 0.15) is 109 Å². The summed E-state index contributed by atoms with van der Waals surface area (Å²) in [4.78, 5) is 2.68. The first-order valence-electron chi connectivity index (χ1n) is 21.7. The summed E-state index contributed by atoms with van der Waals surface area (Å²) in [6.07, 6.45) is 48.1. The number of fused-ring (bicyclic) bond motifs is 5. The van der Waals surface area contributed by atoms with Crippen LogP contribution in [-0.4, -0.2) is 17.0 Å². The average Bonchev–Trinajstić information content (AvgIpc) is 3.63. The van der Waals surface area contributed by atoms with Crippen LogP contribution in [0.3, 0.4) is 0 Å². The van der Waals surface area contributed by atoms with Crippen molar-refractivity contribution >= 4 is 23.3 Å². The van der Waals surface area contributed by atoms with Crippen LogP contribution in [0.25, 0.3) is 23.3 Å². The summed E-state index contributed by atoms with van der Waals surface area (Å²) in [5.41, 5.74) is 18.9. The Kier molecular flexibility index (Phi) is 8.95. The Hall–Kier alpha value is -5.60. The van der Waals surface area contributed by atoms with Crippen molar-refractivity contribution < 1.29 is 0 Å². The molecule has 3 aromatic rings. The zero-order valence-corrected chi connectivity index (χ0v) is 32.9. The monoisotopic (exact) mass is 740 g/mol. The second-order valence-electron chi connectivity index (χ2n) is 17.2. The predicted octanol–water partition coefficient (Wildman–Crippen LogP) is 13.1. The second kappa shape index (κ2) is 14.7. The molecule has 0 radical (unpaired) electrons. The van der Waals surface area contributed by atoms with Gasteiger partial charge < -0.3 is 10.2 Å². The average molecular weight is 741 g/mol. The Morgan fingerprint density at radius 1 is 0.684 bits per heavy atom. The van der Waals surface area contributed by atoms with Gasteiger partial charge in [0.05, 0.1) is 12.1 Å². The van der Waals surface area contributed by atoms with E-state index in [4.69, 9.17) is 0 Å². The van der Waals surface area contributed by atoms with Crippen molar-refractivity contribution in [3.05, 3.63) is 213 Å². The van der Waals surface area contributed by atoms with Gasteiger partial charge in [-0.15, -0.1) is 0 Å². The number of benzene rings is 3. The third kappa shape index (κ3) is 6.25. The van der Waals surface area contributed by atoms with E-state index in [0.717, 1.165) is 57.8 Å². The molecule has 2 nitrogen and oxygen atoms in total. The molecule has 282 valence electrons. The van der Waals surface area contributed by atoms with Crippen LogP contribution in [0.5, 0.6) is 0 Å². The zero-order valence-electron chi connectivity index (χ0n) is 32.9. The summed E-state index contributed by atoms with van der Waals surface area (Å²) in [6, 6.07) is 25.2. The van der Waals surface area contributed by atoms with Gasteiger partial charge in [-0.05, 0) is 155 Å². The fourth-order valence-electron chi connectivity index (χ4n) is 11.1. The summed E-state index contributed by atoms with van der Waals surface area (Å²) in [5.74, 6) is 2.45. The van der Waals surface area contributed by atoms with Gasteiger partial charge in [-0.1, -0.05) is 140 Å². The van der Waals surface area contributed by atoms with E-state index in [9.17, 15) is 0 Å². The molecule has 8 aliphatic rings. The van der Waals surface area contributed by atoms with Crippen molar-refractivity contribution in [3.8, 4) is 0 Å². The van der Waals surface area contributed by atoms with E-state index in [-0.39, 0.29) is 12.1 Å². The van der Waals surface area contributed by atoms with Crippen molar-refractivity contribution in [1.29, 1.82) is 0 Å². The normalized spacial score (nSPS) is 27.0. The summed E-state index contributed by atoms with van der Waals surface area (Å²) >= 11 is 0. The first kappa shape index (κ1) is 34.6. The Morgan fingerprint density at radius 2 is 1.51 bits per heavy atom. The maximum absolute atomic E-state index is 4.09. The molecule has 0 fully saturated rings. The van der Waals surface area contributed by atoms with Gasteiger partial charge in [0.1, 0.15) is 5.82 Å². The molecule has 5 atom stereocenters. The van der Waals surface area contributed by atoms with E-state index >= 15 is 0 Å². The molecule has 0 saturated carbocycles. The van der Waals surface area contributed by atoms with Crippen LogP contribution in [0, 0.1) is 5.92 Å². The molecule has 0 bridgehead atoms. The lowest BCUT2D eigenvalue weighted by Gasteiger charge is -2.38. The second-order valence-corrected chi connectivity index (χ2v) is 17.2. The molecular formula is C55H52N2. The molecule has 0 spiro atoms.